The first-order valence-corrected chi connectivity index (χ1v) is 5.46. The molecule has 0 saturated carbocycles. The number of rotatable bonds is 7. The molecule has 0 aromatic heterocycles. The first kappa shape index (κ1) is 12.6. The SMILES string of the molecule is [CH2]CCC#CCCCCCCC[CH2]. The minimum Gasteiger partial charge on any atom is -0.103 e. The van der Waals surface area contributed by atoms with Gasteiger partial charge < -0.3 is 0 Å². The summed E-state index contributed by atoms with van der Waals surface area (Å²) >= 11 is 0. The molecule has 0 aliphatic heterocycles. The van der Waals surface area contributed by atoms with E-state index < -0.39 is 0 Å². The van der Waals surface area contributed by atoms with Crippen molar-refractivity contribution in [1.82, 2.24) is 0 Å². The molecule has 0 unspecified atom stereocenters. The van der Waals surface area contributed by atoms with Crippen LogP contribution < -0.4 is 0 Å². The highest BCUT2D eigenvalue weighted by molar-refractivity contribution is 4.98. The van der Waals surface area contributed by atoms with E-state index >= 15 is 0 Å². The monoisotopic (exact) mass is 178 g/mol. The van der Waals surface area contributed by atoms with Crippen LogP contribution in [0, 0.1) is 25.7 Å². The Morgan fingerprint density at radius 3 is 1.92 bits per heavy atom. The summed E-state index contributed by atoms with van der Waals surface area (Å²) in [5.74, 6) is 6.29. The van der Waals surface area contributed by atoms with Gasteiger partial charge in [0.15, 0.2) is 0 Å². The molecule has 0 rings (SSSR count). The van der Waals surface area contributed by atoms with Crippen LogP contribution in [-0.4, -0.2) is 0 Å². The smallest absolute Gasteiger partial charge is 0.00886 e. The zero-order chi connectivity index (χ0) is 9.78. The van der Waals surface area contributed by atoms with Crippen LogP contribution in [0.15, 0.2) is 0 Å². The van der Waals surface area contributed by atoms with E-state index in [1.54, 1.807) is 0 Å². The Morgan fingerprint density at radius 1 is 0.615 bits per heavy atom. The van der Waals surface area contributed by atoms with Crippen LogP contribution in [0.5, 0.6) is 0 Å². The molecular weight excluding hydrogens is 156 g/mol. The van der Waals surface area contributed by atoms with Crippen LogP contribution in [0.3, 0.4) is 0 Å². The summed E-state index contributed by atoms with van der Waals surface area (Å²) in [6.07, 6.45) is 10.6. The molecule has 0 aliphatic rings. The normalized spacial score (nSPS) is 9.38. The molecule has 0 amide bonds. The summed E-state index contributed by atoms with van der Waals surface area (Å²) in [7, 11) is 0. The van der Waals surface area contributed by atoms with E-state index in [-0.39, 0.29) is 0 Å². The van der Waals surface area contributed by atoms with Crippen LogP contribution >= 0.6 is 0 Å². The second-order valence-electron chi connectivity index (χ2n) is 3.33. The summed E-state index contributed by atoms with van der Waals surface area (Å²) < 4.78 is 0. The standard InChI is InChI=1S/C13H22/c1-3-5-7-9-11-13-12-10-8-6-4-2/h1-7,9,11-13H2. The van der Waals surface area contributed by atoms with Crippen LogP contribution in [0.2, 0.25) is 0 Å². The minimum atomic E-state index is 0.941. The lowest BCUT2D eigenvalue weighted by Crippen LogP contribution is -1.77. The molecule has 0 bridgehead atoms. The third-order valence-electron chi connectivity index (χ3n) is 1.98. The zero-order valence-corrected chi connectivity index (χ0v) is 8.78. The van der Waals surface area contributed by atoms with Crippen molar-refractivity contribution >= 4 is 0 Å². The molecule has 0 saturated heterocycles. The van der Waals surface area contributed by atoms with E-state index in [9.17, 15) is 0 Å². The summed E-state index contributed by atoms with van der Waals surface area (Å²) in [4.78, 5) is 0. The van der Waals surface area contributed by atoms with E-state index in [4.69, 9.17) is 0 Å². The summed E-state index contributed by atoms with van der Waals surface area (Å²) in [6.45, 7) is 7.57. The molecule has 0 N–H and O–H groups in total. The maximum atomic E-state index is 3.83. The fourth-order valence-electron chi connectivity index (χ4n) is 1.19. The largest absolute Gasteiger partial charge is 0.103 e. The van der Waals surface area contributed by atoms with Gasteiger partial charge in [0.2, 0.25) is 0 Å². The predicted molar refractivity (Wildman–Crippen MR) is 60.0 cm³/mol. The molecule has 0 nitrogen and oxygen atoms in total. The van der Waals surface area contributed by atoms with E-state index in [0.29, 0.717) is 0 Å². The number of hydrogen-bond donors (Lipinski definition) is 0. The quantitative estimate of drug-likeness (QED) is 0.405. The van der Waals surface area contributed by atoms with Crippen molar-refractivity contribution in [2.45, 2.75) is 57.8 Å². The van der Waals surface area contributed by atoms with E-state index in [0.717, 1.165) is 25.7 Å². The summed E-state index contributed by atoms with van der Waals surface area (Å²) in [5, 5.41) is 0. The zero-order valence-electron chi connectivity index (χ0n) is 8.78. The molecule has 0 aliphatic carbocycles. The van der Waals surface area contributed by atoms with Gasteiger partial charge in [-0.05, 0) is 12.8 Å². The van der Waals surface area contributed by atoms with Gasteiger partial charge in [-0.3, -0.25) is 0 Å². The Labute approximate surface area is 84.1 Å². The molecular formula is C13H22. The molecule has 13 heavy (non-hydrogen) atoms. The van der Waals surface area contributed by atoms with Gasteiger partial charge in [-0.15, -0.1) is 11.8 Å². The average molecular weight is 178 g/mol. The maximum Gasteiger partial charge on any atom is 0.00886 e. The van der Waals surface area contributed by atoms with Crippen molar-refractivity contribution in [3.63, 3.8) is 0 Å². The van der Waals surface area contributed by atoms with Gasteiger partial charge in [0.1, 0.15) is 0 Å². The van der Waals surface area contributed by atoms with Crippen molar-refractivity contribution < 1.29 is 0 Å². The highest BCUT2D eigenvalue weighted by Gasteiger charge is 1.87. The highest BCUT2D eigenvalue weighted by Crippen LogP contribution is 2.05. The average Bonchev–Trinajstić information content (AvgIpc) is 2.16. The lowest BCUT2D eigenvalue weighted by molar-refractivity contribution is 0.624. The van der Waals surface area contributed by atoms with Crippen molar-refractivity contribution in [3.8, 4) is 11.8 Å². The summed E-state index contributed by atoms with van der Waals surface area (Å²) in [5.41, 5.74) is 0. The Bertz CT molecular complexity index is 136. The predicted octanol–water partition coefficient (Wildman–Crippen LogP) is 4.17. The fraction of sp³-hybridized carbons (Fsp3) is 0.692. The van der Waals surface area contributed by atoms with Crippen molar-refractivity contribution in [2.24, 2.45) is 0 Å². The van der Waals surface area contributed by atoms with Gasteiger partial charge in [0.25, 0.3) is 0 Å². The van der Waals surface area contributed by atoms with Crippen LogP contribution in [-0.2, 0) is 0 Å². The first-order valence-electron chi connectivity index (χ1n) is 5.46. The summed E-state index contributed by atoms with van der Waals surface area (Å²) in [6, 6.07) is 0. The Hall–Kier alpha value is -0.440. The van der Waals surface area contributed by atoms with Gasteiger partial charge in [-0.1, -0.05) is 46.0 Å². The van der Waals surface area contributed by atoms with Crippen LogP contribution in [0.1, 0.15) is 57.8 Å². The minimum absolute atomic E-state index is 0.941. The molecule has 0 heteroatoms. The molecule has 0 aromatic rings. The van der Waals surface area contributed by atoms with Crippen molar-refractivity contribution in [1.29, 1.82) is 0 Å². The van der Waals surface area contributed by atoms with Gasteiger partial charge in [-0.2, -0.15) is 0 Å². The lowest BCUT2D eigenvalue weighted by Gasteiger charge is -1.96. The molecule has 0 spiro atoms. The molecule has 0 aromatic carbocycles. The molecule has 0 fully saturated rings. The molecule has 0 heterocycles. The Morgan fingerprint density at radius 2 is 1.23 bits per heavy atom. The van der Waals surface area contributed by atoms with Gasteiger partial charge in [0.05, 0.1) is 0 Å². The number of unbranched alkanes of at least 4 members (excludes halogenated alkanes) is 7. The third-order valence-corrected chi connectivity index (χ3v) is 1.98. The van der Waals surface area contributed by atoms with E-state index in [2.05, 4.69) is 25.7 Å². The van der Waals surface area contributed by atoms with Crippen molar-refractivity contribution in [2.75, 3.05) is 0 Å². The first-order chi connectivity index (χ1) is 6.41. The van der Waals surface area contributed by atoms with Gasteiger partial charge in [-0.25, -0.2) is 0 Å². The highest BCUT2D eigenvalue weighted by atomic mass is 13.9. The topological polar surface area (TPSA) is 0 Å². The van der Waals surface area contributed by atoms with Gasteiger partial charge in [0, 0.05) is 12.8 Å². The van der Waals surface area contributed by atoms with Crippen molar-refractivity contribution in [3.05, 3.63) is 13.8 Å². The Kier molecular flexibility index (Phi) is 11.2. The second kappa shape index (κ2) is 11.6. The van der Waals surface area contributed by atoms with E-state index in [1.807, 2.05) is 0 Å². The Balaban J connectivity index is 2.96. The number of hydrogen-bond acceptors (Lipinski definition) is 0. The third kappa shape index (κ3) is 11.6. The van der Waals surface area contributed by atoms with Crippen LogP contribution in [0.25, 0.3) is 0 Å². The molecule has 0 atom stereocenters. The maximum absolute atomic E-state index is 3.83. The van der Waals surface area contributed by atoms with Crippen LogP contribution in [0.4, 0.5) is 0 Å². The lowest BCUT2D eigenvalue weighted by atomic mass is 10.1. The second-order valence-corrected chi connectivity index (χ2v) is 3.33. The molecule has 2 radical (unpaired) electrons. The van der Waals surface area contributed by atoms with E-state index in [1.165, 1.54) is 32.1 Å². The fourth-order valence-corrected chi connectivity index (χ4v) is 1.19. The molecule has 74 valence electrons. The van der Waals surface area contributed by atoms with Gasteiger partial charge >= 0.3 is 0 Å².